The Bertz CT molecular complexity index is 1520. The summed E-state index contributed by atoms with van der Waals surface area (Å²) in [6, 6.07) is 8.60. The molecule has 4 aromatic rings. The highest BCUT2D eigenvalue weighted by Crippen LogP contribution is 2.32. The smallest absolute Gasteiger partial charge is 0.224 e. The molecule has 1 saturated carbocycles. The number of nitrogens with one attached hydrogen (secondary N) is 2. The number of halogens is 1. The minimum Gasteiger partial charge on any atom is -0.353 e. The Hall–Kier alpha value is -3.43. The topological polar surface area (TPSA) is 134 Å². The van der Waals surface area contributed by atoms with Gasteiger partial charge < -0.3 is 10.6 Å². The molecule has 1 aromatic carbocycles. The predicted octanol–water partition coefficient (Wildman–Crippen LogP) is 4.97. The lowest BCUT2D eigenvalue weighted by molar-refractivity contribution is -0.124. The van der Waals surface area contributed by atoms with Crippen LogP contribution in [0.1, 0.15) is 50.1 Å². The Labute approximate surface area is 233 Å². The molecule has 12 heteroatoms. The Kier molecular flexibility index (Phi) is 7.67. The van der Waals surface area contributed by atoms with Gasteiger partial charge in [-0.2, -0.15) is 15.3 Å². The van der Waals surface area contributed by atoms with E-state index in [4.69, 9.17) is 4.98 Å². The van der Waals surface area contributed by atoms with Gasteiger partial charge in [0, 0.05) is 36.2 Å². The van der Waals surface area contributed by atoms with Crippen LogP contribution in [0.15, 0.2) is 29.0 Å². The lowest BCUT2D eigenvalue weighted by Gasteiger charge is -2.16. The first-order valence-electron chi connectivity index (χ1n) is 12.6. The molecule has 0 unspecified atom stereocenters. The Morgan fingerprint density at radius 1 is 1.29 bits per heavy atom. The van der Waals surface area contributed by atoms with Crippen molar-refractivity contribution in [2.24, 2.45) is 5.92 Å². The highest BCUT2D eigenvalue weighted by Gasteiger charge is 2.27. The molecule has 0 bridgehead atoms. The molecule has 3 heterocycles. The lowest BCUT2D eigenvalue weighted by Crippen LogP contribution is -2.36. The summed E-state index contributed by atoms with van der Waals surface area (Å²) in [4.78, 5) is 21.4. The van der Waals surface area contributed by atoms with Gasteiger partial charge in [0.15, 0.2) is 5.65 Å². The molecule has 0 radical (unpaired) electrons. The number of aromatic nitrogens is 6. The summed E-state index contributed by atoms with van der Waals surface area (Å²) in [6.45, 7) is 5.74. The van der Waals surface area contributed by atoms with Gasteiger partial charge in [0.25, 0.3) is 0 Å². The van der Waals surface area contributed by atoms with Crippen molar-refractivity contribution >= 4 is 50.2 Å². The minimum atomic E-state index is -0.0247. The van der Waals surface area contributed by atoms with Crippen LogP contribution in [0.25, 0.3) is 27.3 Å². The minimum absolute atomic E-state index is 0.0247. The van der Waals surface area contributed by atoms with Crippen molar-refractivity contribution in [3.63, 3.8) is 0 Å². The zero-order chi connectivity index (χ0) is 26.8. The number of carbonyl (C=O) groups is 1. The number of benzene rings is 1. The fourth-order valence-corrected chi connectivity index (χ4v) is 5.83. The number of fused-ring (bicyclic) bond motifs is 1. The van der Waals surface area contributed by atoms with Crippen molar-refractivity contribution < 1.29 is 4.79 Å². The molecule has 2 N–H and O–H groups in total. The van der Waals surface area contributed by atoms with Crippen LogP contribution < -0.4 is 10.6 Å². The largest absolute Gasteiger partial charge is 0.353 e. The third-order valence-electron chi connectivity index (χ3n) is 6.61. The predicted molar refractivity (Wildman–Crippen MR) is 150 cm³/mol. The van der Waals surface area contributed by atoms with Crippen LogP contribution in [0.2, 0.25) is 0 Å². The van der Waals surface area contributed by atoms with Crippen LogP contribution >= 0.6 is 27.3 Å². The van der Waals surface area contributed by atoms with Gasteiger partial charge in [0.1, 0.15) is 14.6 Å². The molecule has 196 valence electrons. The number of amides is 1. The number of anilines is 1. The van der Waals surface area contributed by atoms with E-state index < -0.39 is 0 Å². The third kappa shape index (κ3) is 5.54. The van der Waals surface area contributed by atoms with E-state index in [1.165, 1.54) is 11.3 Å². The van der Waals surface area contributed by atoms with Gasteiger partial charge in [-0.05, 0) is 72.3 Å². The van der Waals surface area contributed by atoms with Gasteiger partial charge in [-0.1, -0.05) is 25.2 Å². The average Bonchev–Trinajstić information content (AvgIpc) is 3.61. The second-order valence-corrected chi connectivity index (χ2v) is 11.7. The van der Waals surface area contributed by atoms with E-state index in [1.807, 2.05) is 39.0 Å². The molecular weight excluding hydrogens is 566 g/mol. The maximum absolute atomic E-state index is 12.1. The summed E-state index contributed by atoms with van der Waals surface area (Å²) >= 11 is 5.08. The summed E-state index contributed by atoms with van der Waals surface area (Å²) in [7, 11) is 0. The van der Waals surface area contributed by atoms with Crippen molar-refractivity contribution in [1.82, 2.24) is 35.3 Å². The van der Waals surface area contributed by atoms with Crippen molar-refractivity contribution in [3.8, 4) is 22.3 Å². The monoisotopic (exact) mass is 593 g/mol. The van der Waals surface area contributed by atoms with Gasteiger partial charge in [-0.3, -0.25) is 4.79 Å². The van der Waals surface area contributed by atoms with E-state index in [2.05, 4.69) is 52.9 Å². The van der Waals surface area contributed by atoms with E-state index in [-0.39, 0.29) is 23.9 Å². The van der Waals surface area contributed by atoms with Crippen molar-refractivity contribution in [2.45, 2.75) is 65.0 Å². The first kappa shape index (κ1) is 26.2. The van der Waals surface area contributed by atoms with Gasteiger partial charge in [0.05, 0.1) is 17.1 Å². The molecule has 1 fully saturated rings. The molecule has 1 aliphatic carbocycles. The van der Waals surface area contributed by atoms with Crippen molar-refractivity contribution in [2.75, 3.05) is 5.32 Å². The quantitative estimate of drug-likeness (QED) is 0.292. The molecule has 5 rings (SSSR count). The first-order chi connectivity index (χ1) is 18.3. The van der Waals surface area contributed by atoms with Crippen molar-refractivity contribution in [1.29, 1.82) is 5.26 Å². The van der Waals surface area contributed by atoms with Crippen LogP contribution in [0.3, 0.4) is 0 Å². The Morgan fingerprint density at radius 3 is 2.84 bits per heavy atom. The molecule has 38 heavy (non-hydrogen) atoms. The van der Waals surface area contributed by atoms with Gasteiger partial charge in [-0.15, -0.1) is 10.2 Å². The second-order valence-electron chi connectivity index (χ2n) is 9.77. The number of hydrogen-bond acceptors (Lipinski definition) is 9. The average molecular weight is 595 g/mol. The zero-order valence-corrected chi connectivity index (χ0v) is 23.8. The normalized spacial score (nSPS) is 17.2. The Morgan fingerprint density at radius 2 is 2.11 bits per heavy atom. The highest BCUT2D eigenvalue weighted by atomic mass is 79.9. The Balaban J connectivity index is 1.42. The summed E-state index contributed by atoms with van der Waals surface area (Å²) < 4.78 is 2.44. The summed E-state index contributed by atoms with van der Waals surface area (Å²) in [6.07, 6.45) is 5.44. The molecule has 3 aromatic heterocycles. The van der Waals surface area contributed by atoms with E-state index in [9.17, 15) is 10.1 Å². The molecule has 0 spiro atoms. The number of carbonyl (C=O) groups excluding carboxylic acids is 1. The standard InChI is InChI=1S/C26H28BrN9OS/c1-14(2)24(37)30-17-6-7-18(12-17)31-26-29-13-21-22(27)35-36(23(21)32-26)19-8-9-20(16(11-19)5-4-10-28)25-34-33-15(3)38-25/h8-9,11,13-14,17-18H,4-7,12H2,1-3H3,(H,30,37)(H,29,31,32)/t17-,18-/m1/s1. The number of hydrogen-bond donors (Lipinski definition) is 2. The fraction of sp³-hybridized carbons (Fsp3) is 0.423. The first-order valence-corrected chi connectivity index (χ1v) is 14.2. The van der Waals surface area contributed by atoms with Gasteiger partial charge >= 0.3 is 0 Å². The van der Waals surface area contributed by atoms with E-state index in [1.54, 1.807) is 10.9 Å². The van der Waals surface area contributed by atoms with E-state index in [0.29, 0.717) is 29.0 Å². The maximum Gasteiger partial charge on any atom is 0.224 e. The summed E-state index contributed by atoms with van der Waals surface area (Å²) in [5.41, 5.74) is 3.48. The molecule has 0 saturated heterocycles. The molecule has 2 atom stereocenters. The fourth-order valence-electron chi connectivity index (χ4n) is 4.64. The van der Waals surface area contributed by atoms with Gasteiger partial charge in [0.2, 0.25) is 11.9 Å². The second kappa shape index (κ2) is 11.1. The number of nitrogens with zero attached hydrogens (tertiary/aromatic N) is 7. The van der Waals surface area contributed by atoms with E-state index >= 15 is 0 Å². The number of nitriles is 1. The number of aryl methyl sites for hydroxylation is 2. The van der Waals surface area contributed by atoms with Crippen molar-refractivity contribution in [3.05, 3.63) is 39.6 Å². The molecular formula is C26H28BrN9OS. The van der Waals surface area contributed by atoms with E-state index in [0.717, 1.165) is 51.5 Å². The highest BCUT2D eigenvalue weighted by molar-refractivity contribution is 9.10. The molecule has 1 aliphatic rings. The lowest BCUT2D eigenvalue weighted by atomic mass is 10.0. The summed E-state index contributed by atoms with van der Waals surface area (Å²) in [5, 5.41) is 31.5. The number of rotatable bonds is 8. The molecule has 1 amide bonds. The van der Waals surface area contributed by atoms with Crippen LogP contribution in [0.5, 0.6) is 0 Å². The van der Waals surface area contributed by atoms with Crippen LogP contribution in [-0.2, 0) is 11.2 Å². The van der Waals surface area contributed by atoms with Crippen LogP contribution in [0.4, 0.5) is 5.95 Å². The SMILES string of the molecule is Cc1nnc(-c2ccc(-n3nc(Br)c4cnc(N[C@@H]5CC[C@@H](NC(=O)C(C)C)C5)nc43)cc2CCC#N)s1. The third-order valence-corrected chi connectivity index (χ3v) is 8.07. The molecule has 10 nitrogen and oxygen atoms in total. The van der Waals surface area contributed by atoms with Gasteiger partial charge in [-0.25, -0.2) is 9.67 Å². The summed E-state index contributed by atoms with van der Waals surface area (Å²) in [5.74, 6) is 0.587. The maximum atomic E-state index is 12.1. The van der Waals surface area contributed by atoms with Crippen LogP contribution in [-0.4, -0.2) is 47.9 Å². The zero-order valence-electron chi connectivity index (χ0n) is 21.4. The molecule has 0 aliphatic heterocycles. The van der Waals surface area contributed by atoms with Crippen LogP contribution in [0, 0.1) is 24.2 Å².